The molecule has 4 rings (SSSR count). The molecule has 6 nitrogen and oxygen atoms in total. The summed E-state index contributed by atoms with van der Waals surface area (Å²) in [6.45, 7) is 4.16. The molecular formula is C20H21N5OS. The van der Waals surface area contributed by atoms with Gasteiger partial charge in [0.15, 0.2) is 0 Å². The van der Waals surface area contributed by atoms with Crippen LogP contribution in [0.5, 0.6) is 0 Å². The Morgan fingerprint density at radius 3 is 2.70 bits per heavy atom. The summed E-state index contributed by atoms with van der Waals surface area (Å²) in [5.74, 6) is 0.723. The van der Waals surface area contributed by atoms with Crippen LogP contribution in [0, 0.1) is 6.92 Å². The maximum atomic E-state index is 10.8. The SMILES string of the molecule is Cc1ccc(-c2csc3ncnc(NCC(C)(O)c4cnn(C)c4)c23)cc1. The van der Waals surface area contributed by atoms with Crippen LogP contribution in [0.3, 0.4) is 0 Å². The highest BCUT2D eigenvalue weighted by molar-refractivity contribution is 7.17. The predicted molar refractivity (Wildman–Crippen MR) is 109 cm³/mol. The van der Waals surface area contributed by atoms with Gasteiger partial charge < -0.3 is 10.4 Å². The van der Waals surface area contributed by atoms with E-state index in [2.05, 4.69) is 57.0 Å². The summed E-state index contributed by atoms with van der Waals surface area (Å²) in [5, 5.41) is 21.4. The largest absolute Gasteiger partial charge is 0.383 e. The molecule has 0 aliphatic heterocycles. The van der Waals surface area contributed by atoms with Gasteiger partial charge in [0.05, 0.1) is 11.6 Å². The van der Waals surface area contributed by atoms with Crippen LogP contribution in [0.4, 0.5) is 5.82 Å². The van der Waals surface area contributed by atoms with Gasteiger partial charge in [-0.1, -0.05) is 29.8 Å². The molecule has 0 aliphatic carbocycles. The quantitative estimate of drug-likeness (QED) is 0.553. The number of hydrogen-bond donors (Lipinski definition) is 2. The third-order valence-electron chi connectivity index (χ3n) is 4.66. The normalized spacial score (nSPS) is 13.6. The Kier molecular flexibility index (Phi) is 4.41. The van der Waals surface area contributed by atoms with Gasteiger partial charge in [-0.15, -0.1) is 11.3 Å². The lowest BCUT2D eigenvalue weighted by atomic mass is 9.99. The van der Waals surface area contributed by atoms with Gasteiger partial charge in [0.25, 0.3) is 0 Å². The van der Waals surface area contributed by atoms with Crippen LogP contribution in [0.25, 0.3) is 21.3 Å². The molecule has 0 saturated carbocycles. The lowest BCUT2D eigenvalue weighted by molar-refractivity contribution is 0.0714. The van der Waals surface area contributed by atoms with E-state index in [4.69, 9.17) is 0 Å². The molecule has 3 aromatic heterocycles. The van der Waals surface area contributed by atoms with Crippen LogP contribution in [0.1, 0.15) is 18.1 Å². The first kappa shape index (κ1) is 17.6. The molecule has 4 aromatic rings. The van der Waals surface area contributed by atoms with E-state index in [9.17, 15) is 5.11 Å². The summed E-state index contributed by atoms with van der Waals surface area (Å²) in [5.41, 5.74) is 3.14. The summed E-state index contributed by atoms with van der Waals surface area (Å²) in [6, 6.07) is 8.42. The minimum absolute atomic E-state index is 0.313. The molecule has 0 aliphatic rings. The van der Waals surface area contributed by atoms with E-state index in [1.165, 1.54) is 5.56 Å². The Hall–Kier alpha value is -2.77. The lowest BCUT2D eigenvalue weighted by Crippen LogP contribution is -2.30. The number of nitrogens with zero attached hydrogens (tertiary/aromatic N) is 4. The molecule has 0 fully saturated rings. The number of hydrogen-bond acceptors (Lipinski definition) is 6. The second-order valence-corrected chi connectivity index (χ2v) is 7.81. The topological polar surface area (TPSA) is 75.9 Å². The third kappa shape index (κ3) is 3.43. The van der Waals surface area contributed by atoms with Crippen LogP contribution < -0.4 is 5.32 Å². The first-order valence-corrected chi connectivity index (χ1v) is 9.56. The number of aryl methyl sites for hydroxylation is 2. The van der Waals surface area contributed by atoms with Crippen LogP contribution in [0.2, 0.25) is 0 Å². The average molecular weight is 379 g/mol. The van der Waals surface area contributed by atoms with Crippen molar-refractivity contribution in [2.45, 2.75) is 19.4 Å². The molecule has 1 aromatic carbocycles. The smallest absolute Gasteiger partial charge is 0.138 e. The zero-order chi connectivity index (χ0) is 19.0. The lowest BCUT2D eigenvalue weighted by Gasteiger charge is -2.23. The molecule has 7 heteroatoms. The van der Waals surface area contributed by atoms with Gasteiger partial charge in [-0.2, -0.15) is 5.10 Å². The molecule has 0 bridgehead atoms. The van der Waals surface area contributed by atoms with Gasteiger partial charge in [0.2, 0.25) is 0 Å². The number of fused-ring (bicyclic) bond motifs is 1. The maximum Gasteiger partial charge on any atom is 0.138 e. The summed E-state index contributed by atoms with van der Waals surface area (Å²) in [7, 11) is 1.83. The second kappa shape index (κ2) is 6.75. The van der Waals surface area contributed by atoms with E-state index in [-0.39, 0.29) is 0 Å². The summed E-state index contributed by atoms with van der Waals surface area (Å²) < 4.78 is 1.68. The number of aliphatic hydroxyl groups is 1. The van der Waals surface area contributed by atoms with Crippen molar-refractivity contribution in [1.29, 1.82) is 0 Å². The van der Waals surface area contributed by atoms with Crippen molar-refractivity contribution in [2.24, 2.45) is 7.05 Å². The summed E-state index contributed by atoms with van der Waals surface area (Å²) in [4.78, 5) is 9.76. The molecule has 2 N–H and O–H groups in total. The average Bonchev–Trinajstić information content (AvgIpc) is 3.28. The van der Waals surface area contributed by atoms with Crippen molar-refractivity contribution in [3.8, 4) is 11.1 Å². The van der Waals surface area contributed by atoms with E-state index in [1.807, 2.05) is 13.2 Å². The van der Waals surface area contributed by atoms with Gasteiger partial charge in [0.1, 0.15) is 22.6 Å². The first-order chi connectivity index (χ1) is 12.9. The Balaban J connectivity index is 1.68. The number of rotatable bonds is 5. The standard InChI is InChI=1S/C20H21N5OS/c1-13-4-6-14(7-5-13)16-10-27-19-17(16)18(22-12-23-19)21-11-20(2,26)15-8-24-25(3)9-15/h4-10,12,26H,11H2,1-3H3,(H,21,22,23). The maximum absolute atomic E-state index is 10.8. The highest BCUT2D eigenvalue weighted by Gasteiger charge is 2.25. The Labute approximate surface area is 161 Å². The highest BCUT2D eigenvalue weighted by Crippen LogP contribution is 2.36. The van der Waals surface area contributed by atoms with E-state index < -0.39 is 5.60 Å². The van der Waals surface area contributed by atoms with Crippen molar-refractivity contribution >= 4 is 27.4 Å². The van der Waals surface area contributed by atoms with Gasteiger partial charge >= 0.3 is 0 Å². The van der Waals surface area contributed by atoms with Crippen molar-refractivity contribution in [3.05, 3.63) is 59.5 Å². The van der Waals surface area contributed by atoms with E-state index in [1.54, 1.807) is 35.5 Å². The fraction of sp³-hybridized carbons (Fsp3) is 0.250. The number of aromatic nitrogens is 4. The molecule has 27 heavy (non-hydrogen) atoms. The zero-order valence-electron chi connectivity index (χ0n) is 15.5. The number of nitrogens with one attached hydrogen (secondary N) is 1. The Morgan fingerprint density at radius 2 is 2.00 bits per heavy atom. The first-order valence-electron chi connectivity index (χ1n) is 8.69. The fourth-order valence-corrected chi connectivity index (χ4v) is 3.93. The van der Waals surface area contributed by atoms with Crippen molar-refractivity contribution < 1.29 is 5.11 Å². The van der Waals surface area contributed by atoms with E-state index >= 15 is 0 Å². The number of anilines is 1. The molecule has 0 radical (unpaired) electrons. The van der Waals surface area contributed by atoms with E-state index in [0.29, 0.717) is 6.54 Å². The number of thiophene rings is 1. The molecule has 1 atom stereocenters. The van der Waals surface area contributed by atoms with Crippen molar-refractivity contribution in [2.75, 3.05) is 11.9 Å². The van der Waals surface area contributed by atoms with Crippen molar-refractivity contribution in [1.82, 2.24) is 19.7 Å². The molecule has 1 unspecified atom stereocenters. The zero-order valence-corrected chi connectivity index (χ0v) is 16.3. The second-order valence-electron chi connectivity index (χ2n) is 6.95. The molecule has 138 valence electrons. The van der Waals surface area contributed by atoms with Crippen LogP contribution in [-0.2, 0) is 12.6 Å². The van der Waals surface area contributed by atoms with E-state index in [0.717, 1.165) is 32.7 Å². The van der Waals surface area contributed by atoms with Crippen LogP contribution in [0.15, 0.2) is 48.4 Å². The Bertz CT molecular complexity index is 1080. The molecule has 0 spiro atoms. The molecule has 0 amide bonds. The summed E-state index contributed by atoms with van der Waals surface area (Å²) in [6.07, 6.45) is 5.05. The van der Waals surface area contributed by atoms with Gasteiger partial charge in [-0.25, -0.2) is 9.97 Å². The van der Waals surface area contributed by atoms with Crippen LogP contribution >= 0.6 is 11.3 Å². The molecular weight excluding hydrogens is 358 g/mol. The summed E-state index contributed by atoms with van der Waals surface area (Å²) >= 11 is 1.59. The number of benzene rings is 1. The monoisotopic (exact) mass is 379 g/mol. The highest BCUT2D eigenvalue weighted by atomic mass is 32.1. The minimum Gasteiger partial charge on any atom is -0.383 e. The molecule has 0 saturated heterocycles. The molecule has 3 heterocycles. The van der Waals surface area contributed by atoms with Gasteiger partial charge in [0, 0.05) is 36.3 Å². The van der Waals surface area contributed by atoms with Crippen LogP contribution in [-0.4, -0.2) is 31.4 Å². The van der Waals surface area contributed by atoms with Gasteiger partial charge in [-0.05, 0) is 19.4 Å². The van der Waals surface area contributed by atoms with Crippen molar-refractivity contribution in [3.63, 3.8) is 0 Å². The predicted octanol–water partition coefficient (Wildman–Crippen LogP) is 3.72. The minimum atomic E-state index is -1.06. The third-order valence-corrected chi connectivity index (χ3v) is 5.55. The van der Waals surface area contributed by atoms with Gasteiger partial charge in [-0.3, -0.25) is 4.68 Å². The fourth-order valence-electron chi connectivity index (χ4n) is 3.01. The Morgan fingerprint density at radius 1 is 1.22 bits per heavy atom.